The van der Waals surface area contributed by atoms with Gasteiger partial charge in [-0.15, -0.1) is 0 Å². The van der Waals surface area contributed by atoms with E-state index >= 15 is 0 Å². The molecule has 0 saturated heterocycles. The fourth-order valence-corrected chi connectivity index (χ4v) is 1.84. The Morgan fingerprint density at radius 3 is 2.46 bits per heavy atom. The second-order valence-electron chi connectivity index (χ2n) is 4.82. The normalized spacial score (nSPS) is 11.0. The Morgan fingerprint density at radius 1 is 1.17 bits per heavy atom. The van der Waals surface area contributed by atoms with Crippen LogP contribution >= 0.6 is 0 Å². The number of nitrogens with one attached hydrogen (secondary N) is 1. The minimum Gasteiger partial charge on any atom is -0.482 e. The minimum atomic E-state index is -1.06. The lowest BCUT2D eigenvalue weighted by atomic mass is 10.1. The molecule has 2 aromatic rings. The summed E-state index contributed by atoms with van der Waals surface area (Å²) < 4.78 is 18.5. The number of carbonyl (C=O) groups is 2. The molecule has 0 fully saturated rings. The van der Waals surface area contributed by atoms with Crippen molar-refractivity contribution in [3.8, 4) is 5.75 Å². The third-order valence-electron chi connectivity index (χ3n) is 3.08. The standard InChI is InChI=1S/C17H15FN2O4/c1-11(12-6-8-13(9-7-12)24-10-16(21)22)19-20-17(23)14-4-2-3-5-15(14)18/h2-9H,10H2,1H3,(H,20,23)(H,21,22)/b19-11-. The second kappa shape index (κ2) is 7.87. The number of benzene rings is 2. The number of aliphatic carboxylic acids is 1. The van der Waals surface area contributed by atoms with Crippen molar-refractivity contribution in [2.75, 3.05) is 6.61 Å². The molecule has 0 aliphatic heterocycles. The fourth-order valence-electron chi connectivity index (χ4n) is 1.84. The topological polar surface area (TPSA) is 88.0 Å². The summed E-state index contributed by atoms with van der Waals surface area (Å²) >= 11 is 0. The van der Waals surface area contributed by atoms with Crippen molar-refractivity contribution in [1.82, 2.24) is 5.43 Å². The number of carboxylic acids is 1. The molecule has 24 heavy (non-hydrogen) atoms. The Hall–Kier alpha value is -3.22. The van der Waals surface area contributed by atoms with E-state index in [-0.39, 0.29) is 5.56 Å². The van der Waals surface area contributed by atoms with Gasteiger partial charge in [0, 0.05) is 0 Å². The van der Waals surface area contributed by atoms with Gasteiger partial charge in [-0.05, 0) is 48.9 Å². The molecule has 124 valence electrons. The number of hydrogen-bond donors (Lipinski definition) is 2. The molecule has 0 aliphatic carbocycles. The molecule has 0 atom stereocenters. The van der Waals surface area contributed by atoms with Gasteiger partial charge in [0.05, 0.1) is 11.3 Å². The van der Waals surface area contributed by atoms with Crippen LogP contribution in [0.3, 0.4) is 0 Å². The highest BCUT2D eigenvalue weighted by atomic mass is 19.1. The van der Waals surface area contributed by atoms with Crippen LogP contribution in [0.25, 0.3) is 0 Å². The van der Waals surface area contributed by atoms with Crippen LogP contribution in [-0.4, -0.2) is 29.3 Å². The smallest absolute Gasteiger partial charge is 0.341 e. The molecule has 1 amide bonds. The van der Waals surface area contributed by atoms with Crippen molar-refractivity contribution in [3.63, 3.8) is 0 Å². The first kappa shape index (κ1) is 17.1. The Kier molecular flexibility index (Phi) is 5.62. The molecule has 2 aromatic carbocycles. The van der Waals surface area contributed by atoms with Crippen molar-refractivity contribution in [2.24, 2.45) is 5.10 Å². The molecule has 2 N–H and O–H groups in total. The Morgan fingerprint density at radius 2 is 1.83 bits per heavy atom. The van der Waals surface area contributed by atoms with Gasteiger partial charge in [0.2, 0.25) is 0 Å². The summed E-state index contributed by atoms with van der Waals surface area (Å²) in [4.78, 5) is 22.3. The fraction of sp³-hybridized carbons (Fsp3) is 0.118. The van der Waals surface area contributed by atoms with Crippen LogP contribution < -0.4 is 10.2 Å². The first-order valence-corrected chi connectivity index (χ1v) is 7.01. The number of rotatable bonds is 6. The van der Waals surface area contributed by atoms with Gasteiger partial charge in [-0.1, -0.05) is 12.1 Å². The van der Waals surface area contributed by atoms with Gasteiger partial charge >= 0.3 is 5.97 Å². The number of nitrogens with zero attached hydrogens (tertiary/aromatic N) is 1. The van der Waals surface area contributed by atoms with Crippen LogP contribution in [0, 0.1) is 5.82 Å². The van der Waals surface area contributed by atoms with E-state index in [1.807, 2.05) is 0 Å². The van der Waals surface area contributed by atoms with Crippen LogP contribution in [0.1, 0.15) is 22.8 Å². The van der Waals surface area contributed by atoms with Gasteiger partial charge in [0.1, 0.15) is 11.6 Å². The van der Waals surface area contributed by atoms with Crippen molar-refractivity contribution in [2.45, 2.75) is 6.92 Å². The molecule has 0 aromatic heterocycles. The average molecular weight is 330 g/mol. The third kappa shape index (κ3) is 4.64. The molecule has 0 saturated carbocycles. The first-order chi connectivity index (χ1) is 11.5. The van der Waals surface area contributed by atoms with Crippen LogP contribution in [0.4, 0.5) is 4.39 Å². The van der Waals surface area contributed by atoms with E-state index in [4.69, 9.17) is 9.84 Å². The maximum Gasteiger partial charge on any atom is 0.341 e. The van der Waals surface area contributed by atoms with Crippen LogP contribution in [0.15, 0.2) is 53.6 Å². The number of hydrogen-bond acceptors (Lipinski definition) is 4. The van der Waals surface area contributed by atoms with Gasteiger partial charge in [-0.2, -0.15) is 5.10 Å². The lowest BCUT2D eigenvalue weighted by Crippen LogP contribution is -2.20. The zero-order valence-corrected chi connectivity index (χ0v) is 12.8. The Labute approximate surface area is 137 Å². The molecular weight excluding hydrogens is 315 g/mol. The van der Waals surface area contributed by atoms with Crippen molar-refractivity contribution < 1.29 is 23.8 Å². The van der Waals surface area contributed by atoms with E-state index in [0.29, 0.717) is 17.0 Å². The summed E-state index contributed by atoms with van der Waals surface area (Å²) in [5.41, 5.74) is 3.41. The van der Waals surface area contributed by atoms with E-state index in [0.717, 1.165) is 0 Å². The minimum absolute atomic E-state index is 0.0912. The molecule has 7 heteroatoms. The van der Waals surface area contributed by atoms with Gasteiger partial charge in [-0.3, -0.25) is 4.79 Å². The molecule has 0 spiro atoms. The van der Waals surface area contributed by atoms with E-state index in [2.05, 4.69) is 10.5 Å². The van der Waals surface area contributed by atoms with Gasteiger partial charge < -0.3 is 9.84 Å². The monoisotopic (exact) mass is 330 g/mol. The quantitative estimate of drug-likeness (QED) is 0.629. The maximum absolute atomic E-state index is 13.5. The Bertz CT molecular complexity index is 772. The molecule has 0 bridgehead atoms. The van der Waals surface area contributed by atoms with E-state index in [1.165, 1.54) is 18.2 Å². The molecule has 0 radical (unpaired) electrons. The predicted octanol–water partition coefficient (Wildman–Crippen LogP) is 2.44. The summed E-state index contributed by atoms with van der Waals surface area (Å²) in [5, 5.41) is 12.5. The molecule has 0 heterocycles. The van der Waals surface area contributed by atoms with Crippen molar-refractivity contribution in [3.05, 3.63) is 65.5 Å². The summed E-state index contributed by atoms with van der Waals surface area (Å²) in [5.74, 6) is -1.92. The van der Waals surface area contributed by atoms with Crippen LogP contribution in [-0.2, 0) is 4.79 Å². The van der Waals surface area contributed by atoms with Crippen LogP contribution in [0.2, 0.25) is 0 Å². The highest BCUT2D eigenvalue weighted by Gasteiger charge is 2.10. The number of ether oxygens (including phenoxy) is 1. The highest BCUT2D eigenvalue weighted by Crippen LogP contribution is 2.13. The largest absolute Gasteiger partial charge is 0.482 e. The van der Waals surface area contributed by atoms with E-state index in [9.17, 15) is 14.0 Å². The van der Waals surface area contributed by atoms with E-state index < -0.39 is 24.3 Å². The summed E-state index contributed by atoms with van der Waals surface area (Å²) in [6, 6.07) is 12.1. The summed E-state index contributed by atoms with van der Waals surface area (Å²) in [6.45, 7) is 1.25. The average Bonchev–Trinajstić information content (AvgIpc) is 2.58. The molecule has 6 nitrogen and oxygen atoms in total. The van der Waals surface area contributed by atoms with Gasteiger partial charge in [0.25, 0.3) is 5.91 Å². The number of carbonyl (C=O) groups excluding carboxylic acids is 1. The molecule has 0 unspecified atom stereocenters. The zero-order chi connectivity index (χ0) is 17.5. The lowest BCUT2D eigenvalue weighted by molar-refractivity contribution is -0.139. The summed E-state index contributed by atoms with van der Waals surface area (Å²) in [6.07, 6.45) is 0. The summed E-state index contributed by atoms with van der Waals surface area (Å²) in [7, 11) is 0. The maximum atomic E-state index is 13.5. The highest BCUT2D eigenvalue weighted by molar-refractivity contribution is 6.01. The molecule has 2 rings (SSSR count). The van der Waals surface area contributed by atoms with Crippen molar-refractivity contribution in [1.29, 1.82) is 0 Å². The van der Waals surface area contributed by atoms with Gasteiger partial charge in [-0.25, -0.2) is 14.6 Å². The predicted molar refractivity (Wildman–Crippen MR) is 85.7 cm³/mol. The number of amides is 1. The number of carboxylic acid groups (broad SMARTS) is 1. The Balaban J connectivity index is 2.01. The van der Waals surface area contributed by atoms with Crippen LogP contribution in [0.5, 0.6) is 5.75 Å². The lowest BCUT2D eigenvalue weighted by Gasteiger charge is -2.06. The molecule has 0 aliphatic rings. The van der Waals surface area contributed by atoms with Gasteiger partial charge in [0.15, 0.2) is 6.61 Å². The SMILES string of the molecule is C/C(=N/NC(=O)c1ccccc1F)c1ccc(OCC(=O)O)cc1. The second-order valence-corrected chi connectivity index (χ2v) is 4.82. The first-order valence-electron chi connectivity index (χ1n) is 7.01. The van der Waals surface area contributed by atoms with E-state index in [1.54, 1.807) is 37.3 Å². The molecular formula is C17H15FN2O4. The van der Waals surface area contributed by atoms with Crippen molar-refractivity contribution >= 4 is 17.6 Å². The number of halogens is 1. The number of hydrazone groups is 1. The zero-order valence-electron chi connectivity index (χ0n) is 12.8. The third-order valence-corrected chi connectivity index (χ3v) is 3.08.